The van der Waals surface area contributed by atoms with Gasteiger partial charge < -0.3 is 20.1 Å². The van der Waals surface area contributed by atoms with Crippen molar-refractivity contribution in [2.75, 3.05) is 13.7 Å². The molecule has 3 rings (SSSR count). The molecule has 1 fully saturated rings. The van der Waals surface area contributed by atoms with Crippen LogP contribution < -0.4 is 20.1 Å². The fourth-order valence-corrected chi connectivity index (χ4v) is 3.07. The predicted molar refractivity (Wildman–Crippen MR) is 99.4 cm³/mol. The number of halogens is 4. The maximum absolute atomic E-state index is 14.4. The monoisotopic (exact) mass is 427 g/mol. The minimum Gasteiger partial charge on any atom is -0.496 e. The number of alkyl halides is 3. The van der Waals surface area contributed by atoms with Crippen LogP contribution >= 0.6 is 0 Å². The van der Waals surface area contributed by atoms with Gasteiger partial charge in [-0.3, -0.25) is 9.78 Å². The average Bonchev–Trinajstić information content (AvgIpc) is 3.26. The molecule has 1 saturated heterocycles. The number of hydrogen-bond donors (Lipinski definition) is 2. The van der Waals surface area contributed by atoms with E-state index in [2.05, 4.69) is 15.6 Å². The van der Waals surface area contributed by atoms with Crippen molar-refractivity contribution in [1.29, 1.82) is 0 Å². The summed E-state index contributed by atoms with van der Waals surface area (Å²) < 4.78 is 62.8. The Kier molecular flexibility index (Phi) is 6.76. The summed E-state index contributed by atoms with van der Waals surface area (Å²) >= 11 is 0. The molecular formula is C20H21F4N3O3. The zero-order chi connectivity index (χ0) is 21.7. The van der Waals surface area contributed by atoms with E-state index in [4.69, 9.17) is 9.47 Å². The van der Waals surface area contributed by atoms with Crippen LogP contribution in [0.25, 0.3) is 0 Å². The summed E-state index contributed by atoms with van der Waals surface area (Å²) in [6.07, 6.45) is -1.82. The zero-order valence-electron chi connectivity index (χ0n) is 16.2. The number of pyridine rings is 1. The molecule has 1 aromatic heterocycles. The fourth-order valence-electron chi connectivity index (χ4n) is 3.07. The maximum atomic E-state index is 14.4. The topological polar surface area (TPSA) is 72.5 Å². The second-order valence-electron chi connectivity index (χ2n) is 6.80. The number of amides is 1. The zero-order valence-corrected chi connectivity index (χ0v) is 16.2. The van der Waals surface area contributed by atoms with Crippen LogP contribution in [0.2, 0.25) is 0 Å². The van der Waals surface area contributed by atoms with E-state index in [9.17, 15) is 22.4 Å². The number of benzene rings is 1. The van der Waals surface area contributed by atoms with E-state index in [-0.39, 0.29) is 30.9 Å². The van der Waals surface area contributed by atoms with Crippen LogP contribution in [0.1, 0.15) is 29.7 Å². The first-order valence-electron chi connectivity index (χ1n) is 9.30. The van der Waals surface area contributed by atoms with Gasteiger partial charge >= 0.3 is 6.18 Å². The highest BCUT2D eigenvalue weighted by molar-refractivity contribution is 5.82. The van der Waals surface area contributed by atoms with Crippen LogP contribution in [-0.4, -0.2) is 30.6 Å². The molecule has 0 aliphatic carbocycles. The van der Waals surface area contributed by atoms with Crippen LogP contribution in [0.5, 0.6) is 11.5 Å². The molecule has 6 nitrogen and oxygen atoms in total. The summed E-state index contributed by atoms with van der Waals surface area (Å²) in [5.74, 6) is -0.653. The Hall–Kier alpha value is -2.88. The highest BCUT2D eigenvalue weighted by Gasteiger charge is 2.32. The number of nitrogens with zero attached hydrogens (tertiary/aromatic N) is 1. The molecule has 0 radical (unpaired) electrons. The molecule has 2 aromatic rings. The number of nitrogens with one attached hydrogen (secondary N) is 2. The molecular weight excluding hydrogens is 406 g/mol. The van der Waals surface area contributed by atoms with Gasteiger partial charge in [-0.1, -0.05) is 6.07 Å². The number of rotatable bonds is 7. The molecule has 162 valence electrons. The van der Waals surface area contributed by atoms with Crippen molar-refractivity contribution in [2.24, 2.45) is 0 Å². The number of ether oxygens (including phenoxy) is 2. The van der Waals surface area contributed by atoms with Crippen LogP contribution in [0.4, 0.5) is 17.6 Å². The molecule has 1 atom stereocenters. The standard InChI is InChI=1S/C20H21F4N3O3/c1-29-16-8-17(30-11-12-4-5-18(26-9-12)20(22,23)24)14(21)7-13(16)10-27-19(28)15-3-2-6-25-15/h4-5,7-9,15,25H,2-3,6,10-11H2,1H3,(H,27,28)/t15-/m0/s1. The van der Waals surface area contributed by atoms with Gasteiger partial charge in [-0.25, -0.2) is 4.39 Å². The molecule has 1 aliphatic heterocycles. The van der Waals surface area contributed by atoms with Gasteiger partial charge in [0.25, 0.3) is 0 Å². The van der Waals surface area contributed by atoms with Crippen LogP contribution in [-0.2, 0) is 24.1 Å². The number of carbonyl (C=O) groups is 1. The SMILES string of the molecule is COc1cc(OCc2ccc(C(F)(F)F)nc2)c(F)cc1CNC(=O)[C@@H]1CCCN1. The Balaban J connectivity index is 1.63. The highest BCUT2D eigenvalue weighted by Crippen LogP contribution is 2.30. The number of carbonyl (C=O) groups excluding carboxylic acids is 1. The van der Waals surface area contributed by atoms with Gasteiger partial charge in [-0.2, -0.15) is 13.2 Å². The smallest absolute Gasteiger partial charge is 0.433 e. The van der Waals surface area contributed by atoms with E-state index in [0.717, 1.165) is 31.6 Å². The normalized spacial score (nSPS) is 16.4. The summed E-state index contributed by atoms with van der Waals surface area (Å²) in [6.45, 7) is 0.700. The van der Waals surface area contributed by atoms with Crippen molar-refractivity contribution in [3.8, 4) is 11.5 Å². The lowest BCUT2D eigenvalue weighted by molar-refractivity contribution is -0.141. The first kappa shape index (κ1) is 21.8. The van der Waals surface area contributed by atoms with Gasteiger partial charge in [0.15, 0.2) is 11.6 Å². The van der Waals surface area contributed by atoms with Gasteiger partial charge in [0.1, 0.15) is 18.1 Å². The lowest BCUT2D eigenvalue weighted by Crippen LogP contribution is -2.40. The van der Waals surface area contributed by atoms with E-state index >= 15 is 0 Å². The number of aromatic nitrogens is 1. The van der Waals surface area contributed by atoms with Crippen LogP contribution in [0.15, 0.2) is 30.5 Å². The van der Waals surface area contributed by atoms with E-state index in [0.29, 0.717) is 16.9 Å². The third-order valence-corrected chi connectivity index (χ3v) is 4.67. The summed E-state index contributed by atoms with van der Waals surface area (Å²) in [4.78, 5) is 15.4. The van der Waals surface area contributed by atoms with Crippen LogP contribution in [0, 0.1) is 5.82 Å². The molecule has 0 bridgehead atoms. The van der Waals surface area contributed by atoms with E-state index < -0.39 is 17.7 Å². The van der Waals surface area contributed by atoms with Crippen molar-refractivity contribution < 1.29 is 31.8 Å². The van der Waals surface area contributed by atoms with Gasteiger partial charge in [0.2, 0.25) is 5.91 Å². The number of methoxy groups -OCH3 is 1. The summed E-state index contributed by atoms with van der Waals surface area (Å²) in [5, 5.41) is 5.83. The predicted octanol–water partition coefficient (Wildman–Crippen LogP) is 3.20. The van der Waals surface area contributed by atoms with Crippen molar-refractivity contribution in [3.63, 3.8) is 0 Å². The Morgan fingerprint density at radius 1 is 1.30 bits per heavy atom. The largest absolute Gasteiger partial charge is 0.496 e. The third-order valence-electron chi connectivity index (χ3n) is 4.67. The molecule has 1 aliphatic rings. The third kappa shape index (κ3) is 5.38. The first-order chi connectivity index (χ1) is 14.3. The molecule has 2 heterocycles. The van der Waals surface area contributed by atoms with Crippen molar-refractivity contribution in [3.05, 3.63) is 53.1 Å². The Morgan fingerprint density at radius 3 is 2.70 bits per heavy atom. The van der Waals surface area contributed by atoms with Gasteiger partial charge in [0.05, 0.1) is 13.2 Å². The quantitative estimate of drug-likeness (QED) is 0.664. The van der Waals surface area contributed by atoms with Gasteiger partial charge in [0, 0.05) is 29.9 Å². The lowest BCUT2D eigenvalue weighted by Gasteiger charge is -2.15. The molecule has 0 spiro atoms. The summed E-state index contributed by atoms with van der Waals surface area (Å²) in [7, 11) is 1.40. The Bertz CT molecular complexity index is 882. The van der Waals surface area contributed by atoms with Crippen molar-refractivity contribution in [1.82, 2.24) is 15.6 Å². The minimum absolute atomic E-state index is 0.0835. The summed E-state index contributed by atoms with van der Waals surface area (Å²) in [5.41, 5.74) is -0.232. The minimum atomic E-state index is -4.53. The van der Waals surface area contributed by atoms with Crippen LogP contribution in [0.3, 0.4) is 0 Å². The molecule has 2 N–H and O–H groups in total. The molecule has 30 heavy (non-hydrogen) atoms. The molecule has 0 saturated carbocycles. The van der Waals surface area contributed by atoms with E-state index in [1.165, 1.54) is 25.3 Å². The molecule has 1 aromatic carbocycles. The van der Waals surface area contributed by atoms with Crippen molar-refractivity contribution >= 4 is 5.91 Å². The molecule has 10 heteroatoms. The second kappa shape index (κ2) is 9.29. The van der Waals surface area contributed by atoms with E-state index in [1.54, 1.807) is 0 Å². The molecule has 0 unspecified atom stereocenters. The van der Waals surface area contributed by atoms with Gasteiger partial charge in [-0.05, 0) is 31.5 Å². The summed E-state index contributed by atoms with van der Waals surface area (Å²) in [6, 6.07) is 4.33. The first-order valence-corrected chi connectivity index (χ1v) is 9.30. The molecule has 1 amide bonds. The second-order valence-corrected chi connectivity index (χ2v) is 6.80. The highest BCUT2D eigenvalue weighted by atomic mass is 19.4. The Labute approximate surface area is 170 Å². The Morgan fingerprint density at radius 2 is 2.10 bits per heavy atom. The maximum Gasteiger partial charge on any atom is 0.433 e. The van der Waals surface area contributed by atoms with E-state index in [1.807, 2.05) is 0 Å². The lowest BCUT2D eigenvalue weighted by atomic mass is 10.1. The fraction of sp³-hybridized carbons (Fsp3) is 0.400. The van der Waals surface area contributed by atoms with Gasteiger partial charge in [-0.15, -0.1) is 0 Å². The van der Waals surface area contributed by atoms with Crippen molar-refractivity contribution in [2.45, 2.75) is 38.2 Å². The number of hydrogen-bond acceptors (Lipinski definition) is 5. The average molecular weight is 427 g/mol.